The van der Waals surface area contributed by atoms with Crippen molar-refractivity contribution in [2.24, 2.45) is 0 Å². The van der Waals surface area contributed by atoms with E-state index in [1.165, 1.54) is 21.3 Å². The Morgan fingerprint density at radius 2 is 1.68 bits per heavy atom. The van der Waals surface area contributed by atoms with E-state index in [1.54, 1.807) is 0 Å². The van der Waals surface area contributed by atoms with Crippen molar-refractivity contribution in [2.45, 2.75) is 43.5 Å². The normalized spacial score (nSPS) is 25.6. The number of hydrogen-bond acceptors (Lipinski definition) is 4. The molecule has 0 aliphatic carbocycles. The molecule has 0 aromatic heterocycles. The molecule has 1 unspecified atom stereocenters. The van der Waals surface area contributed by atoms with E-state index in [2.05, 4.69) is 0 Å². The second-order valence-corrected chi connectivity index (χ2v) is 7.83. The summed E-state index contributed by atoms with van der Waals surface area (Å²) in [7, 11) is 0.897. The summed E-state index contributed by atoms with van der Waals surface area (Å²) in [6.45, 7) is 0.405. The van der Waals surface area contributed by atoms with Crippen molar-refractivity contribution < 1.29 is 31.2 Å². The highest BCUT2D eigenvalue weighted by Crippen LogP contribution is 2.41. The third-order valence-corrected chi connectivity index (χ3v) is 6.90. The molecular formula is C11H21F3O4Si. The van der Waals surface area contributed by atoms with Gasteiger partial charge in [-0.2, -0.15) is 13.2 Å². The van der Waals surface area contributed by atoms with Crippen LogP contribution in [-0.4, -0.2) is 48.1 Å². The number of alkyl halides is 3. The van der Waals surface area contributed by atoms with Crippen molar-refractivity contribution in [1.82, 2.24) is 0 Å². The molecule has 0 radical (unpaired) electrons. The number of hydrogen-bond donors (Lipinski definition) is 0. The summed E-state index contributed by atoms with van der Waals surface area (Å²) in [6, 6.07) is 0. The Balaban J connectivity index is 2.97. The number of halogens is 3. The fourth-order valence-corrected chi connectivity index (χ4v) is 5.40. The quantitative estimate of drug-likeness (QED) is 0.707. The van der Waals surface area contributed by atoms with Gasteiger partial charge < -0.3 is 18.0 Å². The largest absolute Gasteiger partial charge is 0.533 e. The smallest absolute Gasteiger partial charge is 0.375 e. The maximum absolute atomic E-state index is 12.5. The molecule has 0 saturated carbocycles. The predicted molar refractivity (Wildman–Crippen MR) is 64.6 cm³/mol. The Morgan fingerprint density at radius 3 is 2.05 bits per heavy atom. The van der Waals surface area contributed by atoms with Crippen LogP contribution in [0.1, 0.15) is 32.1 Å². The van der Waals surface area contributed by atoms with Gasteiger partial charge in [0.15, 0.2) is 0 Å². The molecule has 0 aromatic carbocycles. The van der Waals surface area contributed by atoms with Crippen LogP contribution in [0.4, 0.5) is 13.2 Å². The molecule has 0 spiro atoms. The molecule has 1 aliphatic heterocycles. The van der Waals surface area contributed by atoms with Crippen LogP contribution in [0.2, 0.25) is 0 Å². The van der Waals surface area contributed by atoms with Crippen LogP contribution >= 0.6 is 0 Å². The third kappa shape index (κ3) is 3.69. The van der Waals surface area contributed by atoms with E-state index < -0.39 is 26.6 Å². The third-order valence-electron chi connectivity index (χ3n) is 3.53. The zero-order valence-corrected chi connectivity index (χ0v) is 12.5. The van der Waals surface area contributed by atoms with Crippen LogP contribution in [0.5, 0.6) is 0 Å². The molecule has 8 heteroatoms. The van der Waals surface area contributed by atoms with Gasteiger partial charge in [-0.3, -0.25) is 0 Å². The van der Waals surface area contributed by atoms with Crippen LogP contribution in [0.3, 0.4) is 0 Å². The highest BCUT2D eigenvalue weighted by atomic mass is 28.4. The minimum Gasteiger partial charge on any atom is -0.375 e. The van der Waals surface area contributed by atoms with Crippen molar-refractivity contribution in [1.29, 1.82) is 0 Å². The second-order valence-electron chi connectivity index (χ2n) is 4.58. The standard InChI is InChI=1S/C11H21F3O4Si/c1-15-19(16-2,17-3)10(6-4-5-9-18-10)7-8-11(12,13)14/h4-9H2,1-3H3. The molecule has 1 fully saturated rings. The van der Waals surface area contributed by atoms with Crippen LogP contribution < -0.4 is 0 Å². The predicted octanol–water partition coefficient (Wildman–Crippen LogP) is 2.69. The maximum atomic E-state index is 12.5. The van der Waals surface area contributed by atoms with E-state index in [-0.39, 0.29) is 6.42 Å². The molecule has 1 rings (SSSR count). The lowest BCUT2D eigenvalue weighted by atomic mass is 10.0. The maximum Gasteiger partial charge on any atom is 0.533 e. The van der Waals surface area contributed by atoms with Crippen LogP contribution in [0.25, 0.3) is 0 Å². The Labute approximate surface area is 112 Å². The summed E-state index contributed by atoms with van der Waals surface area (Å²) in [5.41, 5.74) is 0. The van der Waals surface area contributed by atoms with Crippen LogP contribution in [0, 0.1) is 0 Å². The molecule has 4 nitrogen and oxygen atoms in total. The lowest BCUT2D eigenvalue weighted by Gasteiger charge is -2.45. The molecule has 114 valence electrons. The average Bonchev–Trinajstić information content (AvgIpc) is 2.39. The van der Waals surface area contributed by atoms with Crippen molar-refractivity contribution in [3.05, 3.63) is 0 Å². The molecule has 19 heavy (non-hydrogen) atoms. The molecule has 1 heterocycles. The van der Waals surface area contributed by atoms with Gasteiger partial charge in [0.1, 0.15) is 5.22 Å². The van der Waals surface area contributed by atoms with Gasteiger partial charge in [-0.05, 0) is 25.7 Å². The fraction of sp³-hybridized carbons (Fsp3) is 1.00. The molecule has 0 N–H and O–H groups in total. The first-order valence-electron chi connectivity index (χ1n) is 6.21. The molecule has 0 aromatic rings. The fourth-order valence-electron chi connectivity index (χ4n) is 2.60. The average molecular weight is 302 g/mol. The highest BCUT2D eigenvalue weighted by Gasteiger charge is 2.62. The van der Waals surface area contributed by atoms with Gasteiger partial charge in [0.2, 0.25) is 0 Å². The zero-order valence-electron chi connectivity index (χ0n) is 11.5. The second kappa shape index (κ2) is 6.53. The van der Waals surface area contributed by atoms with Crippen molar-refractivity contribution >= 4 is 8.80 Å². The summed E-state index contributed by atoms with van der Waals surface area (Å²) in [5.74, 6) is 0. The van der Waals surface area contributed by atoms with Gasteiger partial charge in [0.25, 0.3) is 0 Å². The van der Waals surface area contributed by atoms with Crippen LogP contribution in [0.15, 0.2) is 0 Å². The van der Waals surface area contributed by atoms with E-state index in [0.717, 1.165) is 12.8 Å². The number of rotatable bonds is 6. The lowest BCUT2D eigenvalue weighted by molar-refractivity contribution is -0.156. The Kier molecular flexibility index (Phi) is 5.81. The first-order valence-corrected chi connectivity index (χ1v) is 7.93. The summed E-state index contributed by atoms with van der Waals surface area (Å²) in [6.07, 6.45) is -3.29. The Bertz CT molecular complexity index is 267. The molecule has 0 bridgehead atoms. The SMILES string of the molecule is CO[Si](OC)(OC)C1(CCC(F)(F)F)CCCCO1. The Morgan fingerprint density at radius 1 is 1.11 bits per heavy atom. The first kappa shape index (κ1) is 16.9. The lowest BCUT2D eigenvalue weighted by Crippen LogP contribution is -2.66. The van der Waals surface area contributed by atoms with Gasteiger partial charge in [-0.15, -0.1) is 0 Å². The minimum absolute atomic E-state index is 0.196. The molecule has 1 saturated heterocycles. The Hall–Kier alpha value is -0.153. The molecule has 1 aliphatic rings. The van der Waals surface area contributed by atoms with Gasteiger partial charge >= 0.3 is 15.0 Å². The van der Waals surface area contributed by atoms with E-state index in [9.17, 15) is 13.2 Å². The summed E-state index contributed by atoms with van der Waals surface area (Å²) < 4.78 is 59.3. The van der Waals surface area contributed by atoms with Crippen molar-refractivity contribution in [3.63, 3.8) is 0 Å². The minimum atomic E-state index is -4.23. The van der Waals surface area contributed by atoms with Gasteiger partial charge in [-0.1, -0.05) is 0 Å². The van der Waals surface area contributed by atoms with Crippen molar-refractivity contribution in [2.75, 3.05) is 27.9 Å². The van der Waals surface area contributed by atoms with Crippen molar-refractivity contribution in [3.8, 4) is 0 Å². The molecule has 0 amide bonds. The zero-order chi connectivity index (χ0) is 14.6. The summed E-state index contributed by atoms with van der Waals surface area (Å²) in [5, 5.41) is -1.10. The van der Waals surface area contributed by atoms with Gasteiger partial charge in [0, 0.05) is 34.4 Å². The summed E-state index contributed by atoms with van der Waals surface area (Å²) in [4.78, 5) is 0. The monoisotopic (exact) mass is 302 g/mol. The van der Waals surface area contributed by atoms with E-state index >= 15 is 0 Å². The topological polar surface area (TPSA) is 36.9 Å². The highest BCUT2D eigenvalue weighted by molar-refractivity contribution is 6.64. The van der Waals surface area contributed by atoms with E-state index in [1.807, 2.05) is 0 Å². The van der Waals surface area contributed by atoms with Gasteiger partial charge in [0.05, 0.1) is 0 Å². The molecular weight excluding hydrogens is 281 g/mol. The van der Waals surface area contributed by atoms with E-state index in [4.69, 9.17) is 18.0 Å². The van der Waals surface area contributed by atoms with E-state index in [0.29, 0.717) is 13.0 Å². The first-order chi connectivity index (χ1) is 8.85. The van der Waals surface area contributed by atoms with Gasteiger partial charge in [-0.25, -0.2) is 0 Å². The van der Waals surface area contributed by atoms with Crippen LogP contribution in [-0.2, 0) is 18.0 Å². The molecule has 1 atom stereocenters. The number of ether oxygens (including phenoxy) is 1. The summed E-state index contributed by atoms with van der Waals surface area (Å²) >= 11 is 0.